The number of aryl methyl sites for hydroxylation is 1. The lowest BCUT2D eigenvalue weighted by molar-refractivity contribution is 0.589. The summed E-state index contributed by atoms with van der Waals surface area (Å²) >= 11 is 5.69. The molecule has 0 bridgehead atoms. The first-order chi connectivity index (χ1) is 8.56. The first-order valence-electron chi connectivity index (χ1n) is 5.54. The van der Waals surface area contributed by atoms with E-state index >= 15 is 0 Å². The van der Waals surface area contributed by atoms with Gasteiger partial charge in [0.15, 0.2) is 0 Å². The fourth-order valence-electron chi connectivity index (χ4n) is 1.62. The molecule has 1 aromatic carbocycles. The quantitative estimate of drug-likeness (QED) is 0.928. The molecule has 1 unspecified atom stereocenters. The van der Waals surface area contributed by atoms with Gasteiger partial charge in [-0.05, 0) is 31.0 Å². The van der Waals surface area contributed by atoms with Gasteiger partial charge in [-0.15, -0.1) is 0 Å². The maximum atomic E-state index is 13.6. The molecule has 0 amide bonds. The van der Waals surface area contributed by atoms with Crippen molar-refractivity contribution in [1.82, 2.24) is 9.97 Å². The van der Waals surface area contributed by atoms with Crippen molar-refractivity contribution in [3.05, 3.63) is 58.4 Å². The van der Waals surface area contributed by atoms with E-state index in [4.69, 9.17) is 17.3 Å². The molecule has 0 aliphatic carbocycles. The third kappa shape index (κ3) is 3.03. The van der Waals surface area contributed by atoms with E-state index < -0.39 is 0 Å². The molecule has 0 aliphatic heterocycles. The standard InChI is InChI=1S/C13H13ClFN3/c1-8-6-18-13(7-17-8)12(16)4-9-2-3-10(14)5-11(9)15/h2-3,5-7,12H,4,16H2,1H3. The van der Waals surface area contributed by atoms with Crippen LogP contribution in [0.4, 0.5) is 4.39 Å². The lowest BCUT2D eigenvalue weighted by atomic mass is 10.0. The van der Waals surface area contributed by atoms with Crippen molar-refractivity contribution in [3.63, 3.8) is 0 Å². The lowest BCUT2D eigenvalue weighted by Crippen LogP contribution is -2.16. The highest BCUT2D eigenvalue weighted by atomic mass is 35.5. The van der Waals surface area contributed by atoms with E-state index in [2.05, 4.69) is 9.97 Å². The van der Waals surface area contributed by atoms with Crippen LogP contribution in [0.25, 0.3) is 0 Å². The number of halogens is 2. The molecular formula is C13H13ClFN3. The summed E-state index contributed by atoms with van der Waals surface area (Å²) < 4.78 is 13.6. The Bertz CT molecular complexity index is 542. The van der Waals surface area contributed by atoms with Crippen molar-refractivity contribution in [2.45, 2.75) is 19.4 Å². The maximum absolute atomic E-state index is 13.6. The Hall–Kier alpha value is -1.52. The number of nitrogens with zero attached hydrogens (tertiary/aromatic N) is 2. The van der Waals surface area contributed by atoms with Crippen molar-refractivity contribution in [2.75, 3.05) is 0 Å². The summed E-state index contributed by atoms with van der Waals surface area (Å²) in [6.07, 6.45) is 3.63. The zero-order valence-corrected chi connectivity index (χ0v) is 10.7. The molecule has 0 saturated heterocycles. The molecule has 0 radical (unpaired) electrons. The van der Waals surface area contributed by atoms with Crippen LogP contribution >= 0.6 is 11.6 Å². The van der Waals surface area contributed by atoms with Crippen LogP contribution in [-0.4, -0.2) is 9.97 Å². The van der Waals surface area contributed by atoms with Crippen molar-refractivity contribution in [3.8, 4) is 0 Å². The Morgan fingerprint density at radius 1 is 1.33 bits per heavy atom. The van der Waals surface area contributed by atoms with Gasteiger partial charge in [0.1, 0.15) is 5.82 Å². The molecule has 1 heterocycles. The minimum Gasteiger partial charge on any atom is -0.322 e. The molecule has 2 rings (SSSR count). The predicted molar refractivity (Wildman–Crippen MR) is 68.8 cm³/mol. The highest BCUT2D eigenvalue weighted by Crippen LogP contribution is 2.19. The summed E-state index contributed by atoms with van der Waals surface area (Å²) in [4.78, 5) is 8.31. The largest absolute Gasteiger partial charge is 0.322 e. The van der Waals surface area contributed by atoms with E-state index in [0.29, 0.717) is 22.7 Å². The van der Waals surface area contributed by atoms with Gasteiger partial charge in [-0.2, -0.15) is 0 Å². The third-order valence-electron chi connectivity index (χ3n) is 2.64. The Morgan fingerprint density at radius 2 is 2.11 bits per heavy atom. The molecule has 2 N–H and O–H groups in total. The van der Waals surface area contributed by atoms with Crippen LogP contribution in [0.5, 0.6) is 0 Å². The monoisotopic (exact) mass is 265 g/mol. The topological polar surface area (TPSA) is 51.8 Å². The smallest absolute Gasteiger partial charge is 0.127 e. The van der Waals surface area contributed by atoms with Crippen LogP contribution in [0.15, 0.2) is 30.6 Å². The zero-order chi connectivity index (χ0) is 13.1. The summed E-state index contributed by atoms with van der Waals surface area (Å²) in [6.45, 7) is 1.85. The van der Waals surface area contributed by atoms with Crippen LogP contribution in [0.3, 0.4) is 0 Å². The average molecular weight is 266 g/mol. The van der Waals surface area contributed by atoms with Crippen LogP contribution in [0, 0.1) is 12.7 Å². The summed E-state index contributed by atoms with van der Waals surface area (Å²) in [5.74, 6) is -0.349. The number of hydrogen-bond donors (Lipinski definition) is 1. The molecule has 0 spiro atoms. The molecule has 0 saturated carbocycles. The molecule has 3 nitrogen and oxygen atoms in total. The Morgan fingerprint density at radius 3 is 2.72 bits per heavy atom. The van der Waals surface area contributed by atoms with Crippen LogP contribution in [-0.2, 0) is 6.42 Å². The molecule has 5 heteroatoms. The molecule has 94 valence electrons. The van der Waals surface area contributed by atoms with Gasteiger partial charge >= 0.3 is 0 Å². The Kier molecular flexibility index (Phi) is 3.89. The van der Waals surface area contributed by atoms with E-state index in [-0.39, 0.29) is 11.9 Å². The Balaban J connectivity index is 2.15. The second-order valence-electron chi connectivity index (χ2n) is 4.13. The van der Waals surface area contributed by atoms with E-state index in [1.165, 1.54) is 6.07 Å². The van der Waals surface area contributed by atoms with Gasteiger partial charge < -0.3 is 5.73 Å². The minimum atomic E-state index is -0.381. The normalized spacial score (nSPS) is 12.4. The van der Waals surface area contributed by atoms with Crippen LogP contribution < -0.4 is 5.73 Å². The molecule has 0 fully saturated rings. The molecule has 1 atom stereocenters. The highest BCUT2D eigenvalue weighted by Gasteiger charge is 2.12. The van der Waals surface area contributed by atoms with Gasteiger partial charge in [0.05, 0.1) is 23.6 Å². The SMILES string of the molecule is Cc1cnc(C(N)Cc2ccc(Cl)cc2F)cn1. The third-order valence-corrected chi connectivity index (χ3v) is 2.87. The maximum Gasteiger partial charge on any atom is 0.127 e. The number of nitrogens with two attached hydrogens (primary N) is 1. The van der Waals surface area contributed by atoms with Crippen LogP contribution in [0.2, 0.25) is 5.02 Å². The van der Waals surface area contributed by atoms with Crippen molar-refractivity contribution in [2.24, 2.45) is 5.73 Å². The summed E-state index contributed by atoms with van der Waals surface area (Å²) in [6, 6.07) is 4.19. The average Bonchev–Trinajstić information content (AvgIpc) is 2.33. The van der Waals surface area contributed by atoms with E-state index in [9.17, 15) is 4.39 Å². The zero-order valence-electron chi connectivity index (χ0n) is 9.90. The van der Waals surface area contributed by atoms with Gasteiger partial charge in [-0.25, -0.2) is 4.39 Å². The molecule has 2 aromatic rings. The lowest BCUT2D eigenvalue weighted by Gasteiger charge is -2.11. The van der Waals surface area contributed by atoms with Crippen LogP contribution in [0.1, 0.15) is 23.0 Å². The van der Waals surface area contributed by atoms with E-state index in [1.54, 1.807) is 24.5 Å². The van der Waals surface area contributed by atoms with Gasteiger partial charge in [0.25, 0.3) is 0 Å². The van der Waals surface area contributed by atoms with Crippen molar-refractivity contribution < 1.29 is 4.39 Å². The molecule has 1 aromatic heterocycles. The minimum absolute atomic E-state index is 0.349. The molecular weight excluding hydrogens is 253 g/mol. The first kappa shape index (κ1) is 12.9. The molecule has 18 heavy (non-hydrogen) atoms. The van der Waals surface area contributed by atoms with Gasteiger partial charge in [0.2, 0.25) is 0 Å². The van der Waals surface area contributed by atoms with Gasteiger partial charge in [0, 0.05) is 11.2 Å². The summed E-state index contributed by atoms with van der Waals surface area (Å²) in [5, 5.41) is 0.375. The van der Waals surface area contributed by atoms with Gasteiger partial charge in [-0.3, -0.25) is 9.97 Å². The van der Waals surface area contributed by atoms with Gasteiger partial charge in [-0.1, -0.05) is 17.7 Å². The fraction of sp³-hybridized carbons (Fsp3) is 0.231. The number of hydrogen-bond acceptors (Lipinski definition) is 3. The summed E-state index contributed by atoms with van der Waals surface area (Å²) in [7, 11) is 0. The Labute approximate surface area is 110 Å². The number of benzene rings is 1. The van der Waals surface area contributed by atoms with Crippen molar-refractivity contribution in [1.29, 1.82) is 0 Å². The second-order valence-corrected chi connectivity index (χ2v) is 4.57. The predicted octanol–water partition coefficient (Wildman–Crippen LogP) is 2.82. The van der Waals surface area contributed by atoms with Crippen molar-refractivity contribution >= 4 is 11.6 Å². The number of rotatable bonds is 3. The number of aromatic nitrogens is 2. The van der Waals surface area contributed by atoms with E-state index in [1.807, 2.05) is 6.92 Å². The molecule has 0 aliphatic rings. The second kappa shape index (κ2) is 5.42. The summed E-state index contributed by atoms with van der Waals surface area (Å²) in [5.41, 5.74) is 7.98. The first-order valence-corrected chi connectivity index (χ1v) is 5.92. The highest BCUT2D eigenvalue weighted by molar-refractivity contribution is 6.30. The van der Waals surface area contributed by atoms with E-state index in [0.717, 1.165) is 5.69 Å². The fourth-order valence-corrected chi connectivity index (χ4v) is 1.78.